The molecule has 0 radical (unpaired) electrons. The standard InChI is InChI=1S/C13H26N2O/c1-5-15-13(12(14)16)8-10(4)6-7-11(13)9(2)3/h9-11,15H,5-8H2,1-4H3,(H2,14,16). The molecule has 1 aliphatic carbocycles. The van der Waals surface area contributed by atoms with Gasteiger partial charge in [-0.1, -0.05) is 34.1 Å². The van der Waals surface area contributed by atoms with E-state index in [1.807, 2.05) is 6.92 Å². The summed E-state index contributed by atoms with van der Waals surface area (Å²) in [6.45, 7) is 9.44. The number of likely N-dealkylation sites (N-methyl/N-ethyl adjacent to an activating group) is 1. The van der Waals surface area contributed by atoms with Gasteiger partial charge in [0.1, 0.15) is 5.54 Å². The van der Waals surface area contributed by atoms with Crippen molar-refractivity contribution in [1.82, 2.24) is 5.32 Å². The van der Waals surface area contributed by atoms with Crippen molar-refractivity contribution >= 4 is 5.91 Å². The fourth-order valence-corrected chi connectivity index (χ4v) is 3.31. The van der Waals surface area contributed by atoms with Gasteiger partial charge in [-0.15, -0.1) is 0 Å². The summed E-state index contributed by atoms with van der Waals surface area (Å²) >= 11 is 0. The Morgan fingerprint density at radius 3 is 2.56 bits per heavy atom. The van der Waals surface area contributed by atoms with E-state index in [2.05, 4.69) is 26.1 Å². The monoisotopic (exact) mass is 226 g/mol. The van der Waals surface area contributed by atoms with Crippen LogP contribution in [0.3, 0.4) is 0 Å². The number of carbonyl (C=O) groups is 1. The molecule has 3 unspecified atom stereocenters. The highest BCUT2D eigenvalue weighted by atomic mass is 16.1. The molecule has 0 aliphatic heterocycles. The molecule has 0 aromatic heterocycles. The van der Waals surface area contributed by atoms with Crippen molar-refractivity contribution in [3.05, 3.63) is 0 Å². The van der Waals surface area contributed by atoms with Crippen LogP contribution in [0.4, 0.5) is 0 Å². The van der Waals surface area contributed by atoms with Crippen LogP contribution >= 0.6 is 0 Å². The van der Waals surface area contributed by atoms with Crippen LogP contribution in [0.15, 0.2) is 0 Å². The molecule has 0 saturated heterocycles. The highest BCUT2D eigenvalue weighted by Gasteiger charge is 2.47. The second-order valence-electron chi connectivity index (χ2n) is 5.60. The summed E-state index contributed by atoms with van der Waals surface area (Å²) in [6, 6.07) is 0. The zero-order valence-corrected chi connectivity index (χ0v) is 11.0. The van der Waals surface area contributed by atoms with Crippen molar-refractivity contribution in [3.63, 3.8) is 0 Å². The first-order valence-electron chi connectivity index (χ1n) is 6.49. The van der Waals surface area contributed by atoms with Crippen molar-refractivity contribution in [3.8, 4) is 0 Å². The summed E-state index contributed by atoms with van der Waals surface area (Å²) in [7, 11) is 0. The maximum Gasteiger partial charge on any atom is 0.238 e. The molecule has 1 fully saturated rings. The normalized spacial score (nSPS) is 35.3. The molecule has 94 valence electrons. The minimum absolute atomic E-state index is 0.167. The van der Waals surface area contributed by atoms with Gasteiger partial charge in [0.25, 0.3) is 0 Å². The predicted molar refractivity (Wildman–Crippen MR) is 66.9 cm³/mol. The minimum atomic E-state index is -0.472. The molecule has 0 heterocycles. The van der Waals surface area contributed by atoms with Gasteiger partial charge in [-0.2, -0.15) is 0 Å². The Balaban J connectivity index is 3.00. The Labute approximate surface area is 99.2 Å². The number of rotatable bonds is 4. The molecule has 3 atom stereocenters. The maximum absolute atomic E-state index is 11.9. The van der Waals surface area contributed by atoms with Crippen LogP contribution in [-0.4, -0.2) is 18.0 Å². The summed E-state index contributed by atoms with van der Waals surface area (Å²) in [4.78, 5) is 11.9. The third-order valence-corrected chi connectivity index (χ3v) is 4.01. The topological polar surface area (TPSA) is 55.1 Å². The highest BCUT2D eigenvalue weighted by molar-refractivity contribution is 5.85. The first kappa shape index (κ1) is 13.5. The SMILES string of the molecule is CCNC1(C(N)=O)CC(C)CCC1C(C)C. The van der Waals surface area contributed by atoms with Crippen LogP contribution in [0.2, 0.25) is 0 Å². The number of nitrogens with two attached hydrogens (primary N) is 1. The lowest BCUT2D eigenvalue weighted by Crippen LogP contribution is -2.63. The molecule has 1 amide bonds. The van der Waals surface area contributed by atoms with Crippen LogP contribution in [0.25, 0.3) is 0 Å². The van der Waals surface area contributed by atoms with E-state index in [0.29, 0.717) is 17.8 Å². The third-order valence-electron chi connectivity index (χ3n) is 4.01. The van der Waals surface area contributed by atoms with Gasteiger partial charge in [-0.3, -0.25) is 4.79 Å². The van der Waals surface area contributed by atoms with Gasteiger partial charge in [0.2, 0.25) is 5.91 Å². The van der Waals surface area contributed by atoms with E-state index in [0.717, 1.165) is 19.4 Å². The summed E-state index contributed by atoms with van der Waals surface area (Å²) in [5.74, 6) is 1.29. The molecular formula is C13H26N2O. The van der Waals surface area contributed by atoms with Crippen molar-refractivity contribution in [2.24, 2.45) is 23.5 Å². The number of nitrogens with one attached hydrogen (secondary N) is 1. The zero-order valence-electron chi connectivity index (χ0n) is 11.0. The van der Waals surface area contributed by atoms with E-state index in [4.69, 9.17) is 5.73 Å². The van der Waals surface area contributed by atoms with E-state index >= 15 is 0 Å². The minimum Gasteiger partial charge on any atom is -0.368 e. The van der Waals surface area contributed by atoms with Crippen LogP contribution in [0, 0.1) is 17.8 Å². The van der Waals surface area contributed by atoms with Gasteiger partial charge < -0.3 is 11.1 Å². The molecule has 3 heteroatoms. The first-order chi connectivity index (χ1) is 7.44. The largest absolute Gasteiger partial charge is 0.368 e. The molecule has 1 rings (SSSR count). The van der Waals surface area contributed by atoms with Crippen molar-refractivity contribution in [1.29, 1.82) is 0 Å². The lowest BCUT2D eigenvalue weighted by Gasteiger charge is -2.46. The number of amides is 1. The smallest absolute Gasteiger partial charge is 0.238 e. The van der Waals surface area contributed by atoms with Crippen LogP contribution in [0.1, 0.15) is 47.0 Å². The molecule has 1 saturated carbocycles. The van der Waals surface area contributed by atoms with Crippen LogP contribution < -0.4 is 11.1 Å². The lowest BCUT2D eigenvalue weighted by atomic mass is 9.64. The van der Waals surface area contributed by atoms with E-state index in [9.17, 15) is 4.79 Å². The van der Waals surface area contributed by atoms with Crippen molar-refractivity contribution in [2.75, 3.05) is 6.54 Å². The van der Waals surface area contributed by atoms with Crippen LogP contribution in [0.5, 0.6) is 0 Å². The molecule has 0 spiro atoms. The molecule has 3 N–H and O–H groups in total. The average Bonchev–Trinajstić information content (AvgIpc) is 2.17. The Hall–Kier alpha value is -0.570. The first-order valence-corrected chi connectivity index (χ1v) is 6.49. The number of hydrogen-bond acceptors (Lipinski definition) is 2. The number of carbonyl (C=O) groups excluding carboxylic acids is 1. The van der Waals surface area contributed by atoms with E-state index in [1.54, 1.807) is 0 Å². The van der Waals surface area contributed by atoms with Gasteiger partial charge in [-0.25, -0.2) is 0 Å². The zero-order chi connectivity index (χ0) is 12.3. The highest BCUT2D eigenvalue weighted by Crippen LogP contribution is 2.40. The Morgan fingerprint density at radius 2 is 2.12 bits per heavy atom. The summed E-state index contributed by atoms with van der Waals surface area (Å²) in [6.07, 6.45) is 3.21. The fraction of sp³-hybridized carbons (Fsp3) is 0.923. The molecular weight excluding hydrogens is 200 g/mol. The molecule has 0 bridgehead atoms. The third kappa shape index (κ3) is 2.40. The van der Waals surface area contributed by atoms with Crippen LogP contribution in [-0.2, 0) is 4.79 Å². The number of hydrogen-bond donors (Lipinski definition) is 2. The van der Waals surface area contributed by atoms with Crippen molar-refractivity contribution in [2.45, 2.75) is 52.5 Å². The Kier molecular flexibility index (Phi) is 4.36. The average molecular weight is 226 g/mol. The van der Waals surface area contributed by atoms with Crippen molar-refractivity contribution < 1.29 is 4.79 Å². The van der Waals surface area contributed by atoms with E-state index < -0.39 is 5.54 Å². The number of primary amides is 1. The molecule has 1 aliphatic rings. The second-order valence-corrected chi connectivity index (χ2v) is 5.60. The fourth-order valence-electron chi connectivity index (χ4n) is 3.31. The Morgan fingerprint density at radius 1 is 1.50 bits per heavy atom. The molecule has 0 aromatic rings. The van der Waals surface area contributed by atoms with Gasteiger partial charge in [0.15, 0.2) is 0 Å². The molecule has 3 nitrogen and oxygen atoms in total. The maximum atomic E-state index is 11.9. The summed E-state index contributed by atoms with van der Waals surface area (Å²) in [5.41, 5.74) is 5.21. The molecule has 16 heavy (non-hydrogen) atoms. The van der Waals surface area contributed by atoms with E-state index in [1.165, 1.54) is 6.42 Å². The van der Waals surface area contributed by atoms with Gasteiger partial charge in [0.05, 0.1) is 0 Å². The molecule has 0 aromatic carbocycles. The van der Waals surface area contributed by atoms with Gasteiger partial charge >= 0.3 is 0 Å². The van der Waals surface area contributed by atoms with Gasteiger partial charge in [-0.05, 0) is 37.1 Å². The van der Waals surface area contributed by atoms with E-state index in [-0.39, 0.29) is 5.91 Å². The second kappa shape index (κ2) is 5.17. The van der Waals surface area contributed by atoms with Gasteiger partial charge in [0, 0.05) is 0 Å². The summed E-state index contributed by atoms with van der Waals surface area (Å²) in [5, 5.41) is 3.38. The Bertz CT molecular complexity index is 252. The predicted octanol–water partition coefficient (Wildman–Crippen LogP) is 1.91. The summed E-state index contributed by atoms with van der Waals surface area (Å²) < 4.78 is 0. The lowest BCUT2D eigenvalue weighted by molar-refractivity contribution is -0.130. The quantitative estimate of drug-likeness (QED) is 0.769.